The van der Waals surface area contributed by atoms with Crippen LogP contribution >= 0.6 is 0 Å². The second-order valence-corrected chi connectivity index (χ2v) is 16.3. The molecule has 302 valence electrons. The van der Waals surface area contributed by atoms with Crippen molar-refractivity contribution < 1.29 is 28.6 Å². The van der Waals surface area contributed by atoms with Gasteiger partial charge in [-0.05, 0) is 31.1 Å². The van der Waals surface area contributed by atoms with Gasteiger partial charge >= 0.3 is 17.9 Å². The van der Waals surface area contributed by atoms with E-state index >= 15 is 0 Å². The number of unbranched alkanes of at least 4 members (excludes halogenated alkanes) is 24. The number of carbonyl (C=O) groups excluding carboxylic acids is 3. The predicted octanol–water partition coefficient (Wildman–Crippen LogP) is 13.8. The van der Waals surface area contributed by atoms with Crippen LogP contribution in [0.25, 0.3) is 0 Å². The molecule has 51 heavy (non-hydrogen) atoms. The van der Waals surface area contributed by atoms with Crippen LogP contribution in [0, 0.1) is 11.8 Å². The van der Waals surface area contributed by atoms with Crippen molar-refractivity contribution in [1.29, 1.82) is 0 Å². The molecule has 0 heterocycles. The largest absolute Gasteiger partial charge is 0.462 e. The Morgan fingerprint density at radius 2 is 0.647 bits per heavy atom. The maximum atomic E-state index is 12.6. The Morgan fingerprint density at radius 3 is 0.961 bits per heavy atom. The molecule has 0 aromatic carbocycles. The molecular formula is C45H86O6. The molecule has 0 aliphatic heterocycles. The van der Waals surface area contributed by atoms with E-state index in [1.165, 1.54) is 128 Å². The van der Waals surface area contributed by atoms with Gasteiger partial charge in [0, 0.05) is 19.3 Å². The summed E-state index contributed by atoms with van der Waals surface area (Å²) < 4.78 is 16.6. The first kappa shape index (κ1) is 49.4. The molecule has 0 aliphatic carbocycles. The second kappa shape index (κ2) is 38.1. The summed E-state index contributed by atoms with van der Waals surface area (Å²) in [6.45, 7) is 11.2. The number of rotatable bonds is 39. The average molecular weight is 723 g/mol. The van der Waals surface area contributed by atoms with Crippen molar-refractivity contribution >= 4 is 17.9 Å². The molecule has 0 aromatic heterocycles. The van der Waals surface area contributed by atoms with E-state index in [2.05, 4.69) is 34.6 Å². The van der Waals surface area contributed by atoms with Gasteiger partial charge in [0.1, 0.15) is 13.2 Å². The molecule has 6 heteroatoms. The third-order valence-electron chi connectivity index (χ3n) is 9.97. The standard InChI is InChI=1S/C45H86O6/c1-6-7-8-9-18-25-30-35-43(46)49-38-42(51-45(48)37-32-27-22-21-24-29-34-41(4)5)39-50-44(47)36-31-26-20-17-15-13-11-10-12-14-16-19-23-28-33-40(2)3/h40-42H,6-39H2,1-5H3/t42-/m1/s1. The molecule has 0 saturated heterocycles. The van der Waals surface area contributed by atoms with Gasteiger partial charge in [-0.15, -0.1) is 0 Å². The number of esters is 3. The van der Waals surface area contributed by atoms with Crippen molar-refractivity contribution in [2.24, 2.45) is 11.8 Å². The first-order chi connectivity index (χ1) is 24.7. The molecule has 0 amide bonds. The Bertz CT molecular complexity index is 779. The lowest BCUT2D eigenvalue weighted by molar-refractivity contribution is -0.167. The van der Waals surface area contributed by atoms with E-state index in [0.29, 0.717) is 19.3 Å². The summed E-state index contributed by atoms with van der Waals surface area (Å²) in [4.78, 5) is 37.5. The molecule has 0 aliphatic rings. The molecule has 0 bridgehead atoms. The topological polar surface area (TPSA) is 78.9 Å². The molecule has 0 rings (SSSR count). The summed E-state index contributed by atoms with van der Waals surface area (Å²) in [7, 11) is 0. The maximum Gasteiger partial charge on any atom is 0.306 e. The third kappa shape index (κ3) is 39.5. The molecular weight excluding hydrogens is 636 g/mol. The highest BCUT2D eigenvalue weighted by molar-refractivity contribution is 5.71. The van der Waals surface area contributed by atoms with Gasteiger partial charge in [-0.25, -0.2) is 0 Å². The smallest absolute Gasteiger partial charge is 0.306 e. The first-order valence-electron chi connectivity index (χ1n) is 22.2. The van der Waals surface area contributed by atoms with Gasteiger partial charge in [0.15, 0.2) is 6.10 Å². The Balaban J connectivity index is 4.19. The van der Waals surface area contributed by atoms with Gasteiger partial charge in [0.2, 0.25) is 0 Å². The molecule has 0 saturated carbocycles. The predicted molar refractivity (Wildman–Crippen MR) is 215 cm³/mol. The minimum atomic E-state index is -0.759. The summed E-state index contributed by atoms with van der Waals surface area (Å²) >= 11 is 0. The Labute approximate surface area is 317 Å². The highest BCUT2D eigenvalue weighted by Crippen LogP contribution is 2.16. The Hall–Kier alpha value is -1.59. The van der Waals surface area contributed by atoms with Crippen molar-refractivity contribution in [3.8, 4) is 0 Å². The normalized spacial score (nSPS) is 12.1. The van der Waals surface area contributed by atoms with Crippen LogP contribution in [0.1, 0.15) is 240 Å². The van der Waals surface area contributed by atoms with E-state index in [1.54, 1.807) is 0 Å². The van der Waals surface area contributed by atoms with E-state index in [0.717, 1.165) is 69.6 Å². The van der Waals surface area contributed by atoms with Crippen molar-refractivity contribution in [2.75, 3.05) is 13.2 Å². The Morgan fingerprint density at radius 1 is 0.373 bits per heavy atom. The van der Waals surface area contributed by atoms with E-state index in [9.17, 15) is 14.4 Å². The second-order valence-electron chi connectivity index (χ2n) is 16.3. The van der Waals surface area contributed by atoms with Crippen molar-refractivity contribution in [1.82, 2.24) is 0 Å². The van der Waals surface area contributed by atoms with E-state index in [-0.39, 0.29) is 31.1 Å². The van der Waals surface area contributed by atoms with Crippen LogP contribution in [0.2, 0.25) is 0 Å². The fourth-order valence-corrected chi connectivity index (χ4v) is 6.58. The molecule has 0 fully saturated rings. The van der Waals surface area contributed by atoms with Crippen LogP contribution in [0.4, 0.5) is 0 Å². The van der Waals surface area contributed by atoms with Gasteiger partial charge < -0.3 is 14.2 Å². The molecule has 6 nitrogen and oxygen atoms in total. The van der Waals surface area contributed by atoms with E-state index < -0.39 is 6.10 Å². The summed E-state index contributed by atoms with van der Waals surface area (Å²) in [6.07, 6.45) is 35.4. The van der Waals surface area contributed by atoms with Crippen LogP contribution in [0.3, 0.4) is 0 Å². The van der Waals surface area contributed by atoms with Crippen LogP contribution in [0.15, 0.2) is 0 Å². The van der Waals surface area contributed by atoms with E-state index in [1.807, 2.05) is 0 Å². The average Bonchev–Trinajstić information content (AvgIpc) is 3.09. The molecule has 0 spiro atoms. The van der Waals surface area contributed by atoms with Crippen molar-refractivity contribution in [2.45, 2.75) is 246 Å². The van der Waals surface area contributed by atoms with Gasteiger partial charge in [-0.1, -0.05) is 202 Å². The molecule has 0 aromatic rings. The fourth-order valence-electron chi connectivity index (χ4n) is 6.58. The van der Waals surface area contributed by atoms with Crippen LogP contribution in [-0.2, 0) is 28.6 Å². The zero-order chi connectivity index (χ0) is 37.6. The van der Waals surface area contributed by atoms with Gasteiger partial charge in [0.05, 0.1) is 0 Å². The number of carbonyl (C=O) groups is 3. The first-order valence-corrected chi connectivity index (χ1v) is 22.2. The maximum absolute atomic E-state index is 12.6. The lowest BCUT2D eigenvalue weighted by atomic mass is 10.0. The summed E-state index contributed by atoms with van der Waals surface area (Å²) in [5, 5.41) is 0. The van der Waals surface area contributed by atoms with Crippen LogP contribution < -0.4 is 0 Å². The molecule has 0 N–H and O–H groups in total. The third-order valence-corrected chi connectivity index (χ3v) is 9.97. The summed E-state index contributed by atoms with van der Waals surface area (Å²) in [5.41, 5.74) is 0. The number of ether oxygens (including phenoxy) is 3. The quantitative estimate of drug-likeness (QED) is 0.0357. The highest BCUT2D eigenvalue weighted by atomic mass is 16.6. The fraction of sp³-hybridized carbons (Fsp3) is 0.933. The van der Waals surface area contributed by atoms with Crippen molar-refractivity contribution in [3.63, 3.8) is 0 Å². The zero-order valence-corrected chi connectivity index (χ0v) is 34.7. The minimum absolute atomic E-state index is 0.0662. The SMILES string of the molecule is CCCCCCCCCC(=O)OC[C@H](COC(=O)CCCCCCCCCCCCCCCCC(C)C)OC(=O)CCCCCCCCC(C)C. The number of hydrogen-bond acceptors (Lipinski definition) is 6. The van der Waals surface area contributed by atoms with Crippen LogP contribution in [0.5, 0.6) is 0 Å². The zero-order valence-electron chi connectivity index (χ0n) is 34.7. The number of hydrogen-bond donors (Lipinski definition) is 0. The van der Waals surface area contributed by atoms with Gasteiger partial charge in [-0.3, -0.25) is 14.4 Å². The minimum Gasteiger partial charge on any atom is -0.462 e. The summed E-state index contributed by atoms with van der Waals surface area (Å²) in [6, 6.07) is 0. The Kier molecular flexibility index (Phi) is 37.0. The molecule has 1 atom stereocenters. The highest BCUT2D eigenvalue weighted by Gasteiger charge is 2.19. The lowest BCUT2D eigenvalue weighted by Crippen LogP contribution is -2.30. The molecule has 0 unspecified atom stereocenters. The summed E-state index contributed by atoms with van der Waals surface area (Å²) in [5.74, 6) is 0.734. The molecule has 0 radical (unpaired) electrons. The van der Waals surface area contributed by atoms with Gasteiger partial charge in [0.25, 0.3) is 0 Å². The van der Waals surface area contributed by atoms with Crippen LogP contribution in [-0.4, -0.2) is 37.2 Å². The van der Waals surface area contributed by atoms with E-state index in [4.69, 9.17) is 14.2 Å². The van der Waals surface area contributed by atoms with Crippen molar-refractivity contribution in [3.05, 3.63) is 0 Å². The van der Waals surface area contributed by atoms with Gasteiger partial charge in [-0.2, -0.15) is 0 Å². The lowest BCUT2D eigenvalue weighted by Gasteiger charge is -2.18. The monoisotopic (exact) mass is 723 g/mol.